The fourth-order valence-electron chi connectivity index (χ4n) is 3.42. The first-order chi connectivity index (χ1) is 11.6. The van der Waals surface area contributed by atoms with Crippen molar-refractivity contribution >= 4 is 11.8 Å². The van der Waals surface area contributed by atoms with Crippen molar-refractivity contribution in [2.24, 2.45) is 11.7 Å². The van der Waals surface area contributed by atoms with Crippen LogP contribution in [0.3, 0.4) is 0 Å². The van der Waals surface area contributed by atoms with Crippen LogP contribution >= 0.6 is 0 Å². The second-order valence-corrected chi connectivity index (χ2v) is 6.41. The van der Waals surface area contributed by atoms with Crippen molar-refractivity contribution in [1.82, 2.24) is 4.90 Å². The summed E-state index contributed by atoms with van der Waals surface area (Å²) < 4.78 is 0. The van der Waals surface area contributed by atoms with E-state index in [4.69, 9.17) is 5.73 Å². The molecule has 0 saturated carbocycles. The number of hydrogen-bond acceptors (Lipinski definition) is 2. The molecule has 1 aliphatic rings. The molecule has 0 bridgehead atoms. The molecular formula is C20H22N2O2. The van der Waals surface area contributed by atoms with E-state index in [2.05, 4.69) is 24.3 Å². The first kappa shape index (κ1) is 16.2. The van der Waals surface area contributed by atoms with Crippen molar-refractivity contribution in [2.45, 2.75) is 25.8 Å². The summed E-state index contributed by atoms with van der Waals surface area (Å²) in [6, 6.07) is 18.1. The van der Waals surface area contributed by atoms with E-state index in [-0.39, 0.29) is 0 Å². The second-order valence-electron chi connectivity index (χ2n) is 6.41. The Balaban J connectivity index is 1.72. The first-order valence-electron chi connectivity index (χ1n) is 8.33. The van der Waals surface area contributed by atoms with E-state index in [0.29, 0.717) is 19.0 Å². The molecule has 1 atom stereocenters. The highest BCUT2D eigenvalue weighted by Gasteiger charge is 2.25. The molecule has 1 aliphatic carbocycles. The van der Waals surface area contributed by atoms with Gasteiger partial charge in [0.15, 0.2) is 0 Å². The molecule has 0 spiro atoms. The van der Waals surface area contributed by atoms with Crippen molar-refractivity contribution in [3.8, 4) is 0 Å². The summed E-state index contributed by atoms with van der Waals surface area (Å²) in [4.78, 5) is 25.2. The molecule has 0 radical (unpaired) electrons. The number of benzene rings is 2. The van der Waals surface area contributed by atoms with Gasteiger partial charge in [-0.05, 0) is 41.9 Å². The summed E-state index contributed by atoms with van der Waals surface area (Å²) in [5, 5.41) is 0. The average Bonchev–Trinajstić information content (AvgIpc) is 2.61. The maximum atomic E-state index is 12.2. The molecule has 1 unspecified atom stereocenters. The third kappa shape index (κ3) is 3.82. The Kier molecular flexibility index (Phi) is 4.94. The number of aryl methyl sites for hydroxylation is 1. The normalized spacial score (nSPS) is 16.2. The molecule has 0 saturated heterocycles. The molecule has 124 valence electrons. The van der Waals surface area contributed by atoms with E-state index < -0.39 is 11.8 Å². The molecule has 0 aliphatic heterocycles. The lowest BCUT2D eigenvalue weighted by molar-refractivity contribution is -0.145. The van der Waals surface area contributed by atoms with Gasteiger partial charge < -0.3 is 10.6 Å². The van der Waals surface area contributed by atoms with Gasteiger partial charge in [-0.3, -0.25) is 9.59 Å². The van der Waals surface area contributed by atoms with E-state index in [9.17, 15) is 9.59 Å². The Hall–Kier alpha value is -2.62. The van der Waals surface area contributed by atoms with Crippen molar-refractivity contribution in [3.63, 3.8) is 0 Å². The van der Waals surface area contributed by atoms with Crippen LogP contribution in [0.15, 0.2) is 54.6 Å². The third-order valence-electron chi connectivity index (χ3n) is 4.64. The van der Waals surface area contributed by atoms with Gasteiger partial charge in [0.1, 0.15) is 0 Å². The molecule has 4 heteroatoms. The lowest BCUT2D eigenvalue weighted by Gasteiger charge is -2.30. The predicted molar refractivity (Wildman–Crippen MR) is 93.0 cm³/mol. The van der Waals surface area contributed by atoms with Crippen LogP contribution in [0, 0.1) is 5.92 Å². The molecule has 0 aromatic heterocycles. The number of rotatable bonds is 4. The molecule has 2 amide bonds. The van der Waals surface area contributed by atoms with Gasteiger partial charge in [0, 0.05) is 13.1 Å². The summed E-state index contributed by atoms with van der Waals surface area (Å²) in [6.45, 7) is 0.978. The molecule has 0 fully saturated rings. The zero-order valence-electron chi connectivity index (χ0n) is 13.7. The van der Waals surface area contributed by atoms with E-state index >= 15 is 0 Å². The summed E-state index contributed by atoms with van der Waals surface area (Å²) in [6.07, 6.45) is 2.98. The minimum atomic E-state index is -0.887. The summed E-state index contributed by atoms with van der Waals surface area (Å²) in [7, 11) is 0. The standard InChI is InChI=1S/C20H22N2O2/c21-19(23)20(24)22(13-15-6-2-1-3-7-15)14-16-10-11-17-8-4-5-9-18(17)12-16/h1-9,16H,10-14H2,(H2,21,23). The molecular weight excluding hydrogens is 300 g/mol. The van der Waals surface area contributed by atoms with Gasteiger partial charge in [-0.2, -0.15) is 0 Å². The predicted octanol–water partition coefficient (Wildman–Crippen LogP) is 2.31. The monoisotopic (exact) mass is 322 g/mol. The van der Waals surface area contributed by atoms with Crippen LogP contribution in [0.5, 0.6) is 0 Å². The number of nitrogens with two attached hydrogens (primary N) is 1. The zero-order chi connectivity index (χ0) is 16.9. The van der Waals surface area contributed by atoms with E-state index in [0.717, 1.165) is 24.8 Å². The number of carbonyl (C=O) groups is 2. The average molecular weight is 322 g/mol. The SMILES string of the molecule is NC(=O)C(=O)N(Cc1ccccc1)CC1CCc2ccccc2C1. The molecule has 2 aromatic rings. The number of fused-ring (bicyclic) bond motifs is 1. The van der Waals surface area contributed by atoms with Crippen LogP contribution in [0.2, 0.25) is 0 Å². The van der Waals surface area contributed by atoms with Crippen LogP contribution in [-0.4, -0.2) is 23.3 Å². The highest BCUT2D eigenvalue weighted by molar-refractivity contribution is 6.34. The third-order valence-corrected chi connectivity index (χ3v) is 4.64. The highest BCUT2D eigenvalue weighted by atomic mass is 16.2. The van der Waals surface area contributed by atoms with Gasteiger partial charge >= 0.3 is 11.8 Å². The number of nitrogens with zero attached hydrogens (tertiary/aromatic N) is 1. The topological polar surface area (TPSA) is 63.4 Å². The second kappa shape index (κ2) is 7.30. The number of carbonyl (C=O) groups excluding carboxylic acids is 2. The largest absolute Gasteiger partial charge is 0.361 e. The van der Waals surface area contributed by atoms with Crippen molar-refractivity contribution in [1.29, 1.82) is 0 Å². The van der Waals surface area contributed by atoms with Gasteiger partial charge in [0.05, 0.1) is 0 Å². The Bertz CT molecular complexity index is 727. The van der Waals surface area contributed by atoms with Crippen LogP contribution < -0.4 is 5.73 Å². The minimum Gasteiger partial charge on any atom is -0.361 e. The maximum Gasteiger partial charge on any atom is 0.311 e. The Morgan fingerprint density at radius 1 is 1.00 bits per heavy atom. The summed E-state index contributed by atoms with van der Waals surface area (Å²) in [5.74, 6) is -1.13. The number of amides is 2. The van der Waals surface area contributed by atoms with Gasteiger partial charge in [-0.15, -0.1) is 0 Å². The van der Waals surface area contributed by atoms with Gasteiger partial charge in [-0.25, -0.2) is 0 Å². The van der Waals surface area contributed by atoms with Crippen molar-refractivity contribution in [2.75, 3.05) is 6.54 Å². The highest BCUT2D eigenvalue weighted by Crippen LogP contribution is 2.26. The van der Waals surface area contributed by atoms with Crippen molar-refractivity contribution < 1.29 is 9.59 Å². The quantitative estimate of drug-likeness (QED) is 0.878. The lowest BCUT2D eigenvalue weighted by Crippen LogP contribution is -2.43. The zero-order valence-corrected chi connectivity index (χ0v) is 13.7. The number of primary amides is 1. The molecule has 2 aromatic carbocycles. The molecule has 4 nitrogen and oxygen atoms in total. The van der Waals surface area contributed by atoms with Crippen LogP contribution in [0.4, 0.5) is 0 Å². The van der Waals surface area contributed by atoms with E-state index in [1.54, 1.807) is 4.90 Å². The van der Waals surface area contributed by atoms with Crippen LogP contribution in [0.25, 0.3) is 0 Å². The Labute approximate surface area is 142 Å². The number of hydrogen-bond donors (Lipinski definition) is 1. The Morgan fingerprint density at radius 3 is 2.38 bits per heavy atom. The Morgan fingerprint density at radius 2 is 1.67 bits per heavy atom. The summed E-state index contributed by atoms with van der Waals surface area (Å²) >= 11 is 0. The van der Waals surface area contributed by atoms with Crippen molar-refractivity contribution in [3.05, 3.63) is 71.3 Å². The first-order valence-corrected chi connectivity index (χ1v) is 8.33. The summed E-state index contributed by atoms with van der Waals surface area (Å²) in [5.41, 5.74) is 8.99. The molecule has 24 heavy (non-hydrogen) atoms. The fraction of sp³-hybridized carbons (Fsp3) is 0.300. The fourth-order valence-corrected chi connectivity index (χ4v) is 3.42. The molecule has 2 N–H and O–H groups in total. The van der Waals surface area contributed by atoms with E-state index in [1.165, 1.54) is 11.1 Å². The minimum absolute atomic E-state index is 0.354. The van der Waals surface area contributed by atoms with Gasteiger partial charge in [0.25, 0.3) is 0 Å². The van der Waals surface area contributed by atoms with E-state index in [1.807, 2.05) is 30.3 Å². The van der Waals surface area contributed by atoms with Gasteiger partial charge in [0.2, 0.25) is 0 Å². The molecule has 0 heterocycles. The van der Waals surface area contributed by atoms with Crippen LogP contribution in [0.1, 0.15) is 23.1 Å². The smallest absolute Gasteiger partial charge is 0.311 e. The maximum absolute atomic E-state index is 12.2. The van der Waals surface area contributed by atoms with Crippen LogP contribution in [-0.2, 0) is 29.0 Å². The lowest BCUT2D eigenvalue weighted by atomic mass is 9.83. The molecule has 3 rings (SSSR count). The van der Waals surface area contributed by atoms with Gasteiger partial charge in [-0.1, -0.05) is 54.6 Å².